The van der Waals surface area contributed by atoms with Crippen molar-refractivity contribution in [2.45, 2.75) is 20.4 Å². The first-order chi connectivity index (χ1) is 15.4. The lowest BCUT2D eigenvalue weighted by Gasteiger charge is -2.06. The summed E-state index contributed by atoms with van der Waals surface area (Å²) in [6.07, 6.45) is 0. The lowest BCUT2D eigenvalue weighted by atomic mass is 10.1. The summed E-state index contributed by atoms with van der Waals surface area (Å²) in [6, 6.07) is 20.3. The van der Waals surface area contributed by atoms with Crippen LogP contribution in [0.15, 0.2) is 71.7 Å². The first kappa shape index (κ1) is 21.5. The van der Waals surface area contributed by atoms with Crippen molar-refractivity contribution in [2.24, 2.45) is 4.99 Å². The molecule has 0 N–H and O–H groups in total. The van der Waals surface area contributed by atoms with Gasteiger partial charge in [-0.25, -0.2) is 0 Å². The Hall–Kier alpha value is -3.71. The average Bonchev–Trinajstić information content (AvgIpc) is 3.12. The minimum atomic E-state index is -0.403. The Morgan fingerprint density at radius 1 is 0.969 bits per heavy atom. The number of carbonyl (C=O) groups is 2. The summed E-state index contributed by atoms with van der Waals surface area (Å²) in [5.41, 5.74) is 3.43. The number of aromatic nitrogens is 1. The van der Waals surface area contributed by atoms with Gasteiger partial charge in [-0.3, -0.25) is 9.59 Å². The molecule has 0 atom stereocenters. The average molecular weight is 447 g/mol. The molecule has 0 spiro atoms. The van der Waals surface area contributed by atoms with E-state index in [4.69, 9.17) is 9.47 Å². The highest BCUT2D eigenvalue weighted by atomic mass is 32.1. The maximum atomic E-state index is 12.9. The second kappa shape index (κ2) is 9.20. The van der Waals surface area contributed by atoms with Crippen LogP contribution in [-0.2, 0) is 16.1 Å². The van der Waals surface area contributed by atoms with Crippen LogP contribution in [0.1, 0.15) is 21.5 Å². The van der Waals surface area contributed by atoms with E-state index in [1.165, 1.54) is 18.4 Å². The normalized spacial score (nSPS) is 11.5. The molecule has 1 aromatic heterocycles. The first-order valence-electron chi connectivity index (χ1n) is 10.0. The third-order valence-corrected chi connectivity index (χ3v) is 6.14. The summed E-state index contributed by atoms with van der Waals surface area (Å²) in [5, 5.41) is 0. The van der Waals surface area contributed by atoms with E-state index in [0.717, 1.165) is 27.1 Å². The zero-order valence-electron chi connectivity index (χ0n) is 18.0. The van der Waals surface area contributed by atoms with Crippen molar-refractivity contribution in [3.8, 4) is 11.5 Å². The Kier molecular flexibility index (Phi) is 6.18. The van der Waals surface area contributed by atoms with Crippen molar-refractivity contribution in [1.29, 1.82) is 0 Å². The summed E-state index contributed by atoms with van der Waals surface area (Å²) in [4.78, 5) is 29.7. The quantitative estimate of drug-likeness (QED) is 0.403. The number of nitrogens with zero attached hydrogens (tertiary/aromatic N) is 2. The molecule has 0 radical (unpaired) electrons. The second-order valence-corrected chi connectivity index (χ2v) is 8.31. The van der Waals surface area contributed by atoms with Crippen LogP contribution in [0.3, 0.4) is 0 Å². The van der Waals surface area contributed by atoms with Gasteiger partial charge >= 0.3 is 5.97 Å². The molecule has 0 aliphatic heterocycles. The highest BCUT2D eigenvalue weighted by Gasteiger charge is 2.14. The fourth-order valence-electron chi connectivity index (χ4n) is 3.39. The van der Waals surface area contributed by atoms with Gasteiger partial charge in [0.2, 0.25) is 0 Å². The van der Waals surface area contributed by atoms with Crippen LogP contribution in [0.25, 0.3) is 10.2 Å². The number of aryl methyl sites for hydroxylation is 2. The minimum Gasteiger partial charge on any atom is -0.468 e. The summed E-state index contributed by atoms with van der Waals surface area (Å²) < 4.78 is 13.3. The lowest BCUT2D eigenvalue weighted by molar-refractivity contribution is -0.141. The molecule has 1 amide bonds. The number of rotatable bonds is 5. The number of carbonyl (C=O) groups excluding carboxylic acids is 2. The Labute approximate surface area is 189 Å². The van der Waals surface area contributed by atoms with Crippen LogP contribution in [0.5, 0.6) is 11.5 Å². The first-order valence-corrected chi connectivity index (χ1v) is 10.9. The minimum absolute atomic E-state index is 0.0185. The van der Waals surface area contributed by atoms with Crippen LogP contribution in [0, 0.1) is 13.8 Å². The number of hydrogen-bond acceptors (Lipinski definition) is 5. The summed E-state index contributed by atoms with van der Waals surface area (Å²) in [5.74, 6) is 0.550. The third kappa shape index (κ3) is 4.63. The molecule has 162 valence electrons. The molecule has 4 aromatic rings. The summed E-state index contributed by atoms with van der Waals surface area (Å²) in [6.45, 7) is 3.98. The smallest absolute Gasteiger partial charge is 0.325 e. The molecule has 0 aliphatic rings. The zero-order valence-corrected chi connectivity index (χ0v) is 18.8. The molecule has 0 bridgehead atoms. The van der Waals surface area contributed by atoms with Crippen molar-refractivity contribution in [2.75, 3.05) is 7.11 Å². The van der Waals surface area contributed by atoms with Gasteiger partial charge in [-0.15, -0.1) is 0 Å². The van der Waals surface area contributed by atoms with Crippen LogP contribution < -0.4 is 9.54 Å². The zero-order chi connectivity index (χ0) is 22.7. The van der Waals surface area contributed by atoms with Gasteiger partial charge in [-0.05, 0) is 67.4 Å². The van der Waals surface area contributed by atoms with Gasteiger partial charge in [0.1, 0.15) is 18.0 Å². The molecule has 0 saturated carbocycles. The van der Waals surface area contributed by atoms with Gasteiger partial charge in [0.05, 0.1) is 17.3 Å². The largest absolute Gasteiger partial charge is 0.468 e. The maximum absolute atomic E-state index is 12.9. The number of thiazole rings is 1. The molecule has 0 saturated heterocycles. The molecule has 0 fully saturated rings. The van der Waals surface area contributed by atoms with E-state index in [0.29, 0.717) is 16.1 Å². The molecular formula is C25H22N2O4S. The molecule has 0 aliphatic carbocycles. The third-order valence-electron chi connectivity index (χ3n) is 4.91. The number of ether oxygens (including phenoxy) is 2. The van der Waals surface area contributed by atoms with Crippen molar-refractivity contribution in [3.63, 3.8) is 0 Å². The monoisotopic (exact) mass is 446 g/mol. The standard InChI is InChI=1S/C25H22N2O4S/c1-16-13-17(2)23-21(14-16)27(15-22(28)30-3)25(32-23)26-24(29)18-9-11-20(12-10-18)31-19-7-5-4-6-8-19/h4-14H,15H2,1-3H3. The van der Waals surface area contributed by atoms with Crippen molar-refractivity contribution in [1.82, 2.24) is 4.57 Å². The van der Waals surface area contributed by atoms with E-state index in [1.54, 1.807) is 28.8 Å². The Balaban J connectivity index is 1.68. The fourth-order valence-corrected chi connectivity index (χ4v) is 4.46. The highest BCUT2D eigenvalue weighted by molar-refractivity contribution is 7.16. The van der Waals surface area contributed by atoms with E-state index < -0.39 is 11.9 Å². The van der Waals surface area contributed by atoms with Crippen LogP contribution in [-0.4, -0.2) is 23.6 Å². The molecule has 3 aromatic carbocycles. The van der Waals surface area contributed by atoms with Gasteiger partial charge in [0.25, 0.3) is 5.91 Å². The maximum Gasteiger partial charge on any atom is 0.325 e. The van der Waals surface area contributed by atoms with Gasteiger partial charge < -0.3 is 14.0 Å². The number of benzene rings is 3. The van der Waals surface area contributed by atoms with Crippen LogP contribution in [0.2, 0.25) is 0 Å². The van der Waals surface area contributed by atoms with Gasteiger partial charge in [0, 0.05) is 5.56 Å². The van der Waals surface area contributed by atoms with Gasteiger partial charge in [-0.1, -0.05) is 35.6 Å². The number of methoxy groups -OCH3 is 1. The summed E-state index contributed by atoms with van der Waals surface area (Å²) in [7, 11) is 1.34. The van der Waals surface area contributed by atoms with E-state index >= 15 is 0 Å². The number of esters is 1. The molecular weight excluding hydrogens is 424 g/mol. The van der Waals surface area contributed by atoms with E-state index in [9.17, 15) is 9.59 Å². The van der Waals surface area contributed by atoms with Crippen molar-refractivity contribution in [3.05, 3.63) is 88.2 Å². The Morgan fingerprint density at radius 3 is 2.34 bits per heavy atom. The van der Waals surface area contributed by atoms with Crippen molar-refractivity contribution >= 4 is 33.4 Å². The molecule has 6 nitrogen and oxygen atoms in total. The number of para-hydroxylation sites is 1. The molecule has 1 heterocycles. The Bertz CT molecular complexity index is 1350. The van der Waals surface area contributed by atoms with Gasteiger partial charge in [0.15, 0.2) is 4.80 Å². The Morgan fingerprint density at radius 2 is 1.66 bits per heavy atom. The molecule has 4 rings (SSSR count). The number of hydrogen-bond donors (Lipinski definition) is 0. The highest BCUT2D eigenvalue weighted by Crippen LogP contribution is 2.24. The predicted octanol–water partition coefficient (Wildman–Crippen LogP) is 5.03. The molecule has 7 heteroatoms. The molecule has 32 heavy (non-hydrogen) atoms. The van der Waals surface area contributed by atoms with E-state index in [2.05, 4.69) is 11.1 Å². The van der Waals surface area contributed by atoms with Crippen molar-refractivity contribution < 1.29 is 19.1 Å². The van der Waals surface area contributed by atoms with Crippen LogP contribution in [0.4, 0.5) is 0 Å². The fraction of sp³-hybridized carbons (Fsp3) is 0.160. The number of fused-ring (bicyclic) bond motifs is 1. The van der Waals surface area contributed by atoms with Gasteiger partial charge in [-0.2, -0.15) is 4.99 Å². The summed E-state index contributed by atoms with van der Waals surface area (Å²) >= 11 is 1.38. The predicted molar refractivity (Wildman–Crippen MR) is 124 cm³/mol. The molecule has 0 unspecified atom stereocenters. The lowest BCUT2D eigenvalue weighted by Crippen LogP contribution is -2.22. The van der Waals surface area contributed by atoms with E-state index in [-0.39, 0.29) is 6.54 Å². The van der Waals surface area contributed by atoms with Crippen LogP contribution >= 0.6 is 11.3 Å². The second-order valence-electron chi connectivity index (χ2n) is 7.33. The SMILES string of the molecule is COC(=O)Cn1c(=NC(=O)c2ccc(Oc3ccccc3)cc2)sc2c(C)cc(C)cc21. The topological polar surface area (TPSA) is 69.9 Å². The number of amides is 1. The van der Waals surface area contributed by atoms with E-state index in [1.807, 2.05) is 50.2 Å².